The Bertz CT molecular complexity index is 405. The number of morpholine rings is 1. The van der Waals surface area contributed by atoms with Crippen LogP contribution >= 0.6 is 15.9 Å². The van der Waals surface area contributed by atoms with Gasteiger partial charge < -0.3 is 9.64 Å². The van der Waals surface area contributed by atoms with E-state index in [0.29, 0.717) is 28.9 Å². The lowest BCUT2D eigenvalue weighted by Crippen LogP contribution is -2.54. The van der Waals surface area contributed by atoms with Crippen LogP contribution in [0.2, 0.25) is 0 Å². The monoisotopic (exact) mass is 341 g/mol. The first-order valence-corrected chi connectivity index (χ1v) is 8.90. The van der Waals surface area contributed by atoms with E-state index in [0.717, 1.165) is 31.3 Å². The third-order valence-corrected chi connectivity index (χ3v) is 6.93. The molecule has 0 aromatic carbocycles. The van der Waals surface area contributed by atoms with Gasteiger partial charge in [-0.1, -0.05) is 15.9 Å². The SMILES string of the molecule is O=C(CC12C[C@@H]3C[C@H](CC(Br)(C3)C1)C2)N1CCOCC1. The molecule has 20 heavy (non-hydrogen) atoms. The summed E-state index contributed by atoms with van der Waals surface area (Å²) in [4.78, 5) is 14.7. The molecule has 0 unspecified atom stereocenters. The molecule has 4 heteroatoms. The lowest BCUT2D eigenvalue weighted by Gasteiger charge is -2.60. The van der Waals surface area contributed by atoms with E-state index in [1.807, 2.05) is 4.90 Å². The largest absolute Gasteiger partial charge is 0.378 e. The maximum atomic E-state index is 12.6. The maximum absolute atomic E-state index is 12.6. The van der Waals surface area contributed by atoms with Crippen LogP contribution in [0.1, 0.15) is 44.9 Å². The number of carbonyl (C=O) groups is 1. The summed E-state index contributed by atoms with van der Waals surface area (Å²) in [5.74, 6) is 2.12. The normalized spacial score (nSPS) is 46.8. The zero-order valence-corrected chi connectivity index (χ0v) is 13.7. The average Bonchev–Trinajstić information content (AvgIpc) is 2.36. The molecule has 0 aromatic rings. The van der Waals surface area contributed by atoms with E-state index in [1.165, 1.54) is 38.5 Å². The van der Waals surface area contributed by atoms with Gasteiger partial charge in [0.25, 0.3) is 0 Å². The van der Waals surface area contributed by atoms with Crippen molar-refractivity contribution < 1.29 is 9.53 Å². The van der Waals surface area contributed by atoms with E-state index in [-0.39, 0.29) is 0 Å². The molecule has 0 N–H and O–H groups in total. The second-order valence-electron chi connectivity index (χ2n) is 7.78. The van der Waals surface area contributed by atoms with Crippen LogP contribution in [-0.2, 0) is 9.53 Å². The van der Waals surface area contributed by atoms with Gasteiger partial charge in [-0.2, -0.15) is 0 Å². The van der Waals surface area contributed by atoms with Gasteiger partial charge in [0.1, 0.15) is 0 Å². The van der Waals surface area contributed by atoms with E-state index in [2.05, 4.69) is 15.9 Å². The second kappa shape index (κ2) is 4.70. The standard InChI is InChI=1S/C16H24BrNO2/c17-16-8-12-5-13(9-16)7-15(6-12,11-16)10-14(19)18-1-3-20-4-2-18/h12-13H,1-11H2/t12-,13-,15?,16?/m0/s1. The smallest absolute Gasteiger partial charge is 0.223 e. The summed E-state index contributed by atoms with van der Waals surface area (Å²) in [5.41, 5.74) is 0.309. The molecular formula is C16H24BrNO2. The molecule has 1 heterocycles. The number of alkyl halides is 1. The Hall–Kier alpha value is -0.0900. The van der Waals surface area contributed by atoms with E-state index >= 15 is 0 Å². The van der Waals surface area contributed by atoms with Gasteiger partial charge in [0, 0.05) is 23.8 Å². The summed E-state index contributed by atoms with van der Waals surface area (Å²) in [6.45, 7) is 3.02. The fraction of sp³-hybridized carbons (Fsp3) is 0.938. The number of amides is 1. The molecule has 0 radical (unpaired) electrons. The lowest BCUT2D eigenvalue weighted by atomic mass is 9.48. The van der Waals surface area contributed by atoms with Crippen LogP contribution < -0.4 is 0 Å². The summed E-state index contributed by atoms with van der Waals surface area (Å²) < 4.78 is 5.72. The van der Waals surface area contributed by atoms with Crippen molar-refractivity contribution in [3.05, 3.63) is 0 Å². The van der Waals surface area contributed by atoms with Crippen molar-refractivity contribution >= 4 is 21.8 Å². The van der Waals surface area contributed by atoms with Crippen LogP contribution in [0.25, 0.3) is 0 Å². The number of halogens is 1. The molecule has 1 amide bonds. The Labute approximate surface area is 129 Å². The molecule has 4 aliphatic carbocycles. The molecule has 112 valence electrons. The topological polar surface area (TPSA) is 29.5 Å². The summed E-state index contributed by atoms with van der Waals surface area (Å²) in [5, 5.41) is 0. The molecule has 0 aromatic heterocycles. The van der Waals surface area contributed by atoms with Crippen molar-refractivity contribution in [2.24, 2.45) is 17.3 Å². The van der Waals surface area contributed by atoms with Crippen LogP contribution in [-0.4, -0.2) is 41.4 Å². The van der Waals surface area contributed by atoms with Crippen molar-refractivity contribution in [2.45, 2.75) is 49.3 Å². The fourth-order valence-electron chi connectivity index (χ4n) is 5.79. The van der Waals surface area contributed by atoms with Crippen LogP contribution in [0.4, 0.5) is 0 Å². The Kier molecular flexibility index (Phi) is 3.19. The summed E-state index contributed by atoms with van der Waals surface area (Å²) in [6.07, 6.45) is 8.71. The molecule has 0 spiro atoms. The predicted molar refractivity (Wildman–Crippen MR) is 80.8 cm³/mol. The van der Waals surface area contributed by atoms with Gasteiger partial charge in [-0.25, -0.2) is 0 Å². The van der Waals surface area contributed by atoms with E-state index in [9.17, 15) is 4.79 Å². The van der Waals surface area contributed by atoms with Crippen molar-refractivity contribution in [3.63, 3.8) is 0 Å². The number of hydrogen-bond donors (Lipinski definition) is 0. The third-order valence-electron chi connectivity index (χ3n) is 6.00. The first-order valence-electron chi connectivity index (χ1n) is 8.10. The highest BCUT2D eigenvalue weighted by Gasteiger charge is 2.57. The van der Waals surface area contributed by atoms with Crippen LogP contribution in [0.3, 0.4) is 0 Å². The van der Waals surface area contributed by atoms with Gasteiger partial charge in [0.15, 0.2) is 0 Å². The first kappa shape index (κ1) is 13.6. The van der Waals surface area contributed by atoms with Gasteiger partial charge >= 0.3 is 0 Å². The zero-order valence-electron chi connectivity index (χ0n) is 12.1. The van der Waals surface area contributed by atoms with Crippen molar-refractivity contribution in [2.75, 3.05) is 26.3 Å². The van der Waals surface area contributed by atoms with E-state index in [1.54, 1.807) is 0 Å². The van der Waals surface area contributed by atoms with Gasteiger partial charge in [0.05, 0.1) is 13.2 Å². The molecule has 5 aliphatic rings. The zero-order chi connectivity index (χ0) is 13.8. The predicted octanol–water partition coefficient (Wildman–Crippen LogP) is 2.97. The maximum Gasteiger partial charge on any atom is 0.223 e. The number of nitrogens with zero attached hydrogens (tertiary/aromatic N) is 1. The number of carbonyl (C=O) groups excluding carboxylic acids is 1. The highest BCUT2D eigenvalue weighted by molar-refractivity contribution is 9.10. The van der Waals surface area contributed by atoms with E-state index < -0.39 is 0 Å². The lowest BCUT2D eigenvalue weighted by molar-refractivity contribution is -0.142. The molecule has 1 aliphatic heterocycles. The number of ether oxygens (including phenoxy) is 1. The molecule has 4 bridgehead atoms. The highest BCUT2D eigenvalue weighted by atomic mass is 79.9. The first-order chi connectivity index (χ1) is 9.56. The highest BCUT2D eigenvalue weighted by Crippen LogP contribution is 2.65. The molecule has 2 atom stereocenters. The molecule has 5 rings (SSSR count). The number of rotatable bonds is 2. The summed E-state index contributed by atoms with van der Waals surface area (Å²) in [7, 11) is 0. The van der Waals surface area contributed by atoms with Crippen molar-refractivity contribution in [1.82, 2.24) is 4.90 Å². The Morgan fingerprint density at radius 1 is 1.15 bits per heavy atom. The third kappa shape index (κ3) is 2.33. The molecule has 1 saturated heterocycles. The quantitative estimate of drug-likeness (QED) is 0.722. The minimum absolute atomic E-state index is 0.309. The van der Waals surface area contributed by atoms with Gasteiger partial charge in [0.2, 0.25) is 5.91 Å². The Morgan fingerprint density at radius 2 is 1.80 bits per heavy atom. The van der Waals surface area contributed by atoms with Crippen LogP contribution in [0.15, 0.2) is 0 Å². The average molecular weight is 342 g/mol. The van der Waals surface area contributed by atoms with Gasteiger partial charge in [-0.3, -0.25) is 4.79 Å². The Morgan fingerprint density at radius 3 is 2.40 bits per heavy atom. The molecule has 5 fully saturated rings. The summed E-state index contributed by atoms with van der Waals surface area (Å²) >= 11 is 4.03. The van der Waals surface area contributed by atoms with Crippen molar-refractivity contribution in [3.8, 4) is 0 Å². The summed E-state index contributed by atoms with van der Waals surface area (Å²) in [6, 6.07) is 0. The van der Waals surface area contributed by atoms with Crippen molar-refractivity contribution in [1.29, 1.82) is 0 Å². The second-order valence-corrected chi connectivity index (χ2v) is 9.46. The fourth-order valence-corrected chi connectivity index (χ4v) is 7.30. The molecule has 3 nitrogen and oxygen atoms in total. The van der Waals surface area contributed by atoms with Crippen LogP contribution in [0.5, 0.6) is 0 Å². The van der Waals surface area contributed by atoms with E-state index in [4.69, 9.17) is 4.74 Å². The Balaban J connectivity index is 1.49. The van der Waals surface area contributed by atoms with Gasteiger partial charge in [-0.05, 0) is 55.8 Å². The van der Waals surface area contributed by atoms with Crippen LogP contribution in [0, 0.1) is 17.3 Å². The molecular weight excluding hydrogens is 318 g/mol. The molecule has 4 saturated carbocycles. The number of hydrogen-bond acceptors (Lipinski definition) is 2. The minimum atomic E-state index is 0.309. The minimum Gasteiger partial charge on any atom is -0.378 e. The van der Waals surface area contributed by atoms with Gasteiger partial charge in [-0.15, -0.1) is 0 Å².